The molecule has 2 N–H and O–H groups in total. The van der Waals surface area contributed by atoms with Crippen molar-refractivity contribution < 1.29 is 14.7 Å². The number of carbonyl (C=O) groups excluding carboxylic acids is 1. The van der Waals surface area contributed by atoms with Gasteiger partial charge in [0.15, 0.2) is 0 Å². The van der Waals surface area contributed by atoms with Crippen LogP contribution in [0.1, 0.15) is 25.7 Å². The van der Waals surface area contributed by atoms with Gasteiger partial charge in [0, 0.05) is 12.3 Å². The summed E-state index contributed by atoms with van der Waals surface area (Å²) >= 11 is 1.67. The van der Waals surface area contributed by atoms with Gasteiger partial charge in [-0.15, -0.1) is 0 Å². The quantitative estimate of drug-likeness (QED) is 0.718. The molecular formula is C11H19NO3S. The number of rotatable bonds is 5. The number of amides is 1. The highest BCUT2D eigenvalue weighted by molar-refractivity contribution is 7.98. The van der Waals surface area contributed by atoms with Crippen LogP contribution in [0.2, 0.25) is 0 Å². The van der Waals surface area contributed by atoms with E-state index in [9.17, 15) is 9.59 Å². The molecule has 1 fully saturated rings. The average Bonchev–Trinajstić information content (AvgIpc) is 2.29. The van der Waals surface area contributed by atoms with E-state index in [1.165, 1.54) is 0 Å². The molecule has 2 atom stereocenters. The maximum Gasteiger partial charge on any atom is 0.307 e. The van der Waals surface area contributed by atoms with Crippen LogP contribution >= 0.6 is 11.8 Å². The van der Waals surface area contributed by atoms with Crippen molar-refractivity contribution in [2.75, 3.05) is 18.6 Å². The zero-order valence-corrected chi connectivity index (χ0v) is 10.4. The molecule has 0 aromatic carbocycles. The maximum absolute atomic E-state index is 11.8. The summed E-state index contributed by atoms with van der Waals surface area (Å²) < 4.78 is 0. The number of carboxylic acid groups (broad SMARTS) is 1. The molecule has 0 bridgehead atoms. The minimum Gasteiger partial charge on any atom is -0.481 e. The summed E-state index contributed by atoms with van der Waals surface area (Å²) in [6.45, 7) is 0.628. The summed E-state index contributed by atoms with van der Waals surface area (Å²) in [4.78, 5) is 22.8. The first kappa shape index (κ1) is 13.4. The summed E-state index contributed by atoms with van der Waals surface area (Å²) in [6.07, 6.45) is 5.21. The van der Waals surface area contributed by atoms with Gasteiger partial charge in [0.05, 0.1) is 11.8 Å². The second kappa shape index (κ2) is 6.78. The van der Waals surface area contributed by atoms with Crippen LogP contribution in [0.4, 0.5) is 0 Å². The van der Waals surface area contributed by atoms with Crippen molar-refractivity contribution in [2.45, 2.75) is 25.7 Å². The number of hydrogen-bond acceptors (Lipinski definition) is 3. The predicted octanol–water partition coefficient (Wildman–Crippen LogP) is 1.36. The Hall–Kier alpha value is -0.710. The largest absolute Gasteiger partial charge is 0.481 e. The van der Waals surface area contributed by atoms with Crippen molar-refractivity contribution in [1.29, 1.82) is 0 Å². The molecule has 1 rings (SSSR count). The molecule has 0 aromatic rings. The smallest absolute Gasteiger partial charge is 0.307 e. The maximum atomic E-state index is 11.8. The molecule has 5 heteroatoms. The number of carbonyl (C=O) groups is 2. The molecule has 1 aliphatic carbocycles. The van der Waals surface area contributed by atoms with Crippen molar-refractivity contribution in [3.8, 4) is 0 Å². The number of thioether (sulfide) groups is 1. The molecule has 0 aliphatic heterocycles. The third-order valence-corrected chi connectivity index (χ3v) is 3.64. The second-order valence-corrected chi connectivity index (χ2v) is 5.11. The number of carboxylic acids is 1. The molecule has 0 radical (unpaired) electrons. The molecule has 1 amide bonds. The highest BCUT2D eigenvalue weighted by Crippen LogP contribution is 2.30. The van der Waals surface area contributed by atoms with Crippen LogP contribution in [-0.4, -0.2) is 35.5 Å². The monoisotopic (exact) mass is 245 g/mol. The minimum absolute atomic E-state index is 0.0823. The summed E-state index contributed by atoms with van der Waals surface area (Å²) in [7, 11) is 0. The SMILES string of the molecule is CSCCNC(=O)[C@@H]1CCCC[C@@H]1C(=O)O. The van der Waals surface area contributed by atoms with E-state index in [0.717, 1.165) is 18.6 Å². The second-order valence-electron chi connectivity index (χ2n) is 4.12. The molecule has 1 saturated carbocycles. The molecule has 92 valence electrons. The van der Waals surface area contributed by atoms with Crippen molar-refractivity contribution >= 4 is 23.6 Å². The molecule has 0 heterocycles. The third kappa shape index (κ3) is 3.70. The topological polar surface area (TPSA) is 66.4 Å². The van der Waals surface area contributed by atoms with Crippen LogP contribution in [-0.2, 0) is 9.59 Å². The summed E-state index contributed by atoms with van der Waals surface area (Å²) in [5.41, 5.74) is 0. The van der Waals surface area contributed by atoms with Gasteiger partial charge in [0.25, 0.3) is 0 Å². The number of aliphatic carboxylic acids is 1. The Morgan fingerprint density at radius 3 is 2.50 bits per heavy atom. The van der Waals surface area contributed by atoms with E-state index in [4.69, 9.17) is 5.11 Å². The highest BCUT2D eigenvalue weighted by Gasteiger charge is 2.35. The van der Waals surface area contributed by atoms with Gasteiger partial charge in [-0.2, -0.15) is 11.8 Å². The Morgan fingerprint density at radius 1 is 1.31 bits per heavy atom. The van der Waals surface area contributed by atoms with Crippen molar-refractivity contribution in [3.05, 3.63) is 0 Å². The highest BCUT2D eigenvalue weighted by atomic mass is 32.2. The number of hydrogen-bond donors (Lipinski definition) is 2. The van der Waals surface area contributed by atoms with Gasteiger partial charge >= 0.3 is 5.97 Å². The Morgan fingerprint density at radius 2 is 1.94 bits per heavy atom. The van der Waals surface area contributed by atoms with Crippen LogP contribution in [0.5, 0.6) is 0 Å². The van der Waals surface area contributed by atoms with Crippen LogP contribution in [0, 0.1) is 11.8 Å². The zero-order valence-electron chi connectivity index (χ0n) is 9.57. The third-order valence-electron chi connectivity index (χ3n) is 3.03. The van der Waals surface area contributed by atoms with E-state index in [1.807, 2.05) is 6.26 Å². The van der Waals surface area contributed by atoms with Crippen molar-refractivity contribution in [1.82, 2.24) is 5.32 Å². The molecule has 0 spiro atoms. The van der Waals surface area contributed by atoms with E-state index in [-0.39, 0.29) is 11.8 Å². The van der Waals surface area contributed by atoms with Gasteiger partial charge in [0.2, 0.25) is 5.91 Å². The fraction of sp³-hybridized carbons (Fsp3) is 0.818. The average molecular weight is 245 g/mol. The Balaban J connectivity index is 2.47. The first-order valence-electron chi connectivity index (χ1n) is 5.66. The summed E-state index contributed by atoms with van der Waals surface area (Å²) in [6, 6.07) is 0. The van der Waals surface area contributed by atoms with Crippen LogP contribution in [0.25, 0.3) is 0 Å². The van der Waals surface area contributed by atoms with E-state index in [2.05, 4.69) is 5.32 Å². The lowest BCUT2D eigenvalue weighted by Gasteiger charge is -2.27. The molecule has 1 aliphatic rings. The van der Waals surface area contributed by atoms with Gasteiger partial charge in [-0.05, 0) is 19.1 Å². The minimum atomic E-state index is -0.829. The predicted molar refractivity (Wildman–Crippen MR) is 64.5 cm³/mol. The Bertz CT molecular complexity index is 258. The van der Waals surface area contributed by atoms with Crippen molar-refractivity contribution in [3.63, 3.8) is 0 Å². The molecule has 0 aromatic heterocycles. The van der Waals surface area contributed by atoms with Crippen molar-refractivity contribution in [2.24, 2.45) is 11.8 Å². The molecule has 4 nitrogen and oxygen atoms in total. The van der Waals surface area contributed by atoms with E-state index >= 15 is 0 Å². The molecule has 16 heavy (non-hydrogen) atoms. The fourth-order valence-corrected chi connectivity index (χ4v) is 2.45. The van der Waals surface area contributed by atoms with Crippen LogP contribution < -0.4 is 5.32 Å². The lowest BCUT2D eigenvalue weighted by Crippen LogP contribution is -2.40. The lowest BCUT2D eigenvalue weighted by molar-refractivity contribution is -0.148. The van der Waals surface area contributed by atoms with Gasteiger partial charge in [-0.3, -0.25) is 9.59 Å². The summed E-state index contributed by atoms with van der Waals surface area (Å²) in [5.74, 6) is -0.849. The van der Waals surface area contributed by atoms with Gasteiger partial charge in [-0.25, -0.2) is 0 Å². The first-order valence-corrected chi connectivity index (χ1v) is 7.05. The van der Waals surface area contributed by atoms with E-state index in [1.54, 1.807) is 11.8 Å². The van der Waals surface area contributed by atoms with E-state index < -0.39 is 11.9 Å². The Labute approximate surface area is 100 Å². The molecule has 0 saturated heterocycles. The standard InChI is InChI=1S/C11H19NO3S/c1-16-7-6-12-10(13)8-4-2-3-5-9(8)11(14)15/h8-9H,2-7H2,1H3,(H,12,13)(H,14,15)/t8-,9+/m1/s1. The first-order chi connectivity index (χ1) is 7.66. The molecular weight excluding hydrogens is 226 g/mol. The normalized spacial score (nSPS) is 25.1. The Kier molecular flexibility index (Phi) is 5.66. The van der Waals surface area contributed by atoms with Gasteiger partial charge < -0.3 is 10.4 Å². The van der Waals surface area contributed by atoms with Gasteiger partial charge in [0.1, 0.15) is 0 Å². The molecule has 0 unspecified atom stereocenters. The van der Waals surface area contributed by atoms with Crippen LogP contribution in [0.3, 0.4) is 0 Å². The van der Waals surface area contributed by atoms with Gasteiger partial charge in [-0.1, -0.05) is 12.8 Å². The lowest BCUT2D eigenvalue weighted by atomic mass is 9.79. The van der Waals surface area contributed by atoms with E-state index in [0.29, 0.717) is 19.4 Å². The summed E-state index contributed by atoms with van der Waals surface area (Å²) in [5, 5.41) is 11.9. The van der Waals surface area contributed by atoms with Crippen LogP contribution in [0.15, 0.2) is 0 Å². The number of nitrogens with one attached hydrogen (secondary N) is 1. The fourth-order valence-electron chi connectivity index (χ4n) is 2.15. The zero-order chi connectivity index (χ0) is 12.0.